The first-order valence-electron chi connectivity index (χ1n) is 4.88. The fourth-order valence-corrected chi connectivity index (χ4v) is 1.40. The van der Waals surface area contributed by atoms with E-state index in [1.54, 1.807) is 42.8 Å². The van der Waals surface area contributed by atoms with Gasteiger partial charge in [-0.05, 0) is 46.3 Å². The number of nitrogens with zero attached hydrogens (tertiary/aromatic N) is 1. The molecule has 1 N–H and O–H groups in total. The molecule has 2 aromatic rings. The number of carbonyl (C=O) groups is 1. The van der Waals surface area contributed by atoms with Gasteiger partial charge in [0.25, 0.3) is 0 Å². The Hall–Kier alpha value is -1.88. The van der Waals surface area contributed by atoms with Crippen molar-refractivity contribution in [1.29, 1.82) is 0 Å². The predicted molar refractivity (Wildman–Crippen MR) is 68.3 cm³/mol. The number of pyridine rings is 1. The highest BCUT2D eigenvalue weighted by atomic mass is 79.9. The second-order valence-electron chi connectivity index (χ2n) is 3.20. The first-order valence-corrected chi connectivity index (χ1v) is 5.67. The van der Waals surface area contributed by atoms with Crippen molar-refractivity contribution in [2.45, 2.75) is 0 Å². The molecule has 5 heteroatoms. The van der Waals surface area contributed by atoms with Crippen LogP contribution in [0.1, 0.15) is 5.76 Å². The molecule has 0 atom stereocenters. The van der Waals surface area contributed by atoms with E-state index in [0.29, 0.717) is 11.6 Å². The van der Waals surface area contributed by atoms with Crippen LogP contribution in [-0.2, 0) is 4.79 Å². The Balaban J connectivity index is 1.95. The third-order valence-electron chi connectivity index (χ3n) is 1.92. The predicted octanol–water partition coefficient (Wildman–Crippen LogP) is 3.09. The number of nitrogens with one attached hydrogen (secondary N) is 1. The minimum atomic E-state index is -0.253. The van der Waals surface area contributed by atoms with Gasteiger partial charge < -0.3 is 9.73 Å². The monoisotopic (exact) mass is 292 g/mol. The zero-order valence-electron chi connectivity index (χ0n) is 8.76. The molecule has 0 fully saturated rings. The molecular weight excluding hydrogens is 284 g/mol. The van der Waals surface area contributed by atoms with Crippen LogP contribution in [0.2, 0.25) is 0 Å². The second-order valence-corrected chi connectivity index (χ2v) is 4.12. The van der Waals surface area contributed by atoms with E-state index in [1.807, 2.05) is 0 Å². The van der Waals surface area contributed by atoms with Gasteiger partial charge in [-0.2, -0.15) is 0 Å². The van der Waals surface area contributed by atoms with Crippen LogP contribution in [0.25, 0.3) is 6.08 Å². The Morgan fingerprint density at radius 1 is 1.41 bits per heavy atom. The Kier molecular flexibility index (Phi) is 3.72. The molecule has 0 aliphatic rings. The molecule has 0 unspecified atom stereocenters. The molecule has 0 bridgehead atoms. The number of amides is 1. The maximum Gasteiger partial charge on any atom is 0.249 e. The van der Waals surface area contributed by atoms with E-state index in [-0.39, 0.29) is 5.91 Å². The number of hydrogen-bond acceptors (Lipinski definition) is 3. The SMILES string of the molecule is O=C(/C=C/c1ccco1)Nc1ccc(Br)cn1. The van der Waals surface area contributed by atoms with Crippen molar-refractivity contribution in [2.75, 3.05) is 5.32 Å². The van der Waals surface area contributed by atoms with Crippen LogP contribution in [0.3, 0.4) is 0 Å². The van der Waals surface area contributed by atoms with Crippen molar-refractivity contribution in [3.63, 3.8) is 0 Å². The number of furan rings is 1. The molecule has 86 valence electrons. The molecule has 2 rings (SSSR count). The van der Waals surface area contributed by atoms with Crippen LogP contribution in [0, 0.1) is 0 Å². The highest BCUT2D eigenvalue weighted by molar-refractivity contribution is 9.10. The summed E-state index contributed by atoms with van der Waals surface area (Å²) in [6, 6.07) is 7.04. The molecule has 4 nitrogen and oxygen atoms in total. The molecule has 0 saturated heterocycles. The highest BCUT2D eigenvalue weighted by Gasteiger charge is 1.99. The van der Waals surface area contributed by atoms with Gasteiger partial charge in [-0.15, -0.1) is 0 Å². The zero-order valence-corrected chi connectivity index (χ0v) is 10.3. The van der Waals surface area contributed by atoms with Gasteiger partial charge in [0.15, 0.2) is 0 Å². The first-order chi connectivity index (χ1) is 8.24. The standard InChI is InChI=1S/C12H9BrN2O2/c13-9-3-5-11(14-8-9)15-12(16)6-4-10-2-1-7-17-10/h1-8H,(H,14,15,16)/b6-4+. The van der Waals surface area contributed by atoms with Crippen LogP contribution in [0.15, 0.2) is 51.7 Å². The molecule has 0 aliphatic carbocycles. The van der Waals surface area contributed by atoms with E-state index in [2.05, 4.69) is 26.2 Å². The Labute approximate surface area is 106 Å². The lowest BCUT2D eigenvalue weighted by molar-refractivity contribution is -0.111. The molecule has 0 spiro atoms. The number of anilines is 1. The van der Waals surface area contributed by atoms with Crippen LogP contribution < -0.4 is 5.32 Å². The lowest BCUT2D eigenvalue weighted by atomic mass is 10.4. The van der Waals surface area contributed by atoms with E-state index in [0.717, 1.165) is 4.47 Å². The van der Waals surface area contributed by atoms with Gasteiger partial charge in [0.2, 0.25) is 5.91 Å². The molecule has 1 amide bonds. The van der Waals surface area contributed by atoms with E-state index in [1.165, 1.54) is 6.08 Å². The molecule has 0 saturated carbocycles. The van der Waals surface area contributed by atoms with Crippen molar-refractivity contribution in [2.24, 2.45) is 0 Å². The van der Waals surface area contributed by atoms with E-state index < -0.39 is 0 Å². The topological polar surface area (TPSA) is 55.1 Å². The second kappa shape index (κ2) is 5.45. The third kappa shape index (κ3) is 3.57. The lowest BCUT2D eigenvalue weighted by Crippen LogP contribution is -2.08. The molecule has 2 aromatic heterocycles. The van der Waals surface area contributed by atoms with Gasteiger partial charge in [-0.3, -0.25) is 4.79 Å². The van der Waals surface area contributed by atoms with Crippen LogP contribution >= 0.6 is 15.9 Å². The number of carbonyl (C=O) groups excluding carboxylic acids is 1. The van der Waals surface area contributed by atoms with Gasteiger partial charge in [0.05, 0.1) is 6.26 Å². The van der Waals surface area contributed by atoms with Gasteiger partial charge in [-0.25, -0.2) is 4.98 Å². The largest absolute Gasteiger partial charge is 0.465 e. The third-order valence-corrected chi connectivity index (χ3v) is 2.39. The summed E-state index contributed by atoms with van der Waals surface area (Å²) >= 11 is 3.27. The normalized spacial score (nSPS) is 10.6. The van der Waals surface area contributed by atoms with Crippen LogP contribution in [-0.4, -0.2) is 10.9 Å². The summed E-state index contributed by atoms with van der Waals surface area (Å²) in [6.07, 6.45) is 6.15. The van der Waals surface area contributed by atoms with E-state index in [4.69, 9.17) is 4.42 Å². The quantitative estimate of drug-likeness (QED) is 0.885. The van der Waals surface area contributed by atoms with E-state index >= 15 is 0 Å². The number of aromatic nitrogens is 1. The minimum Gasteiger partial charge on any atom is -0.465 e. The Morgan fingerprint density at radius 3 is 2.94 bits per heavy atom. The highest BCUT2D eigenvalue weighted by Crippen LogP contribution is 2.10. The summed E-state index contributed by atoms with van der Waals surface area (Å²) in [7, 11) is 0. The van der Waals surface area contributed by atoms with Gasteiger partial charge in [-0.1, -0.05) is 0 Å². The Bertz CT molecular complexity index is 518. The average Bonchev–Trinajstić information content (AvgIpc) is 2.83. The van der Waals surface area contributed by atoms with Crippen molar-refractivity contribution in [1.82, 2.24) is 4.98 Å². The minimum absolute atomic E-state index is 0.253. The van der Waals surface area contributed by atoms with Gasteiger partial charge in [0, 0.05) is 16.7 Å². The maximum atomic E-state index is 11.5. The van der Waals surface area contributed by atoms with E-state index in [9.17, 15) is 4.79 Å². The average molecular weight is 293 g/mol. The fraction of sp³-hybridized carbons (Fsp3) is 0. The molecule has 2 heterocycles. The number of halogens is 1. The molecule has 17 heavy (non-hydrogen) atoms. The smallest absolute Gasteiger partial charge is 0.249 e. The molecule has 0 aromatic carbocycles. The summed E-state index contributed by atoms with van der Waals surface area (Å²) in [4.78, 5) is 15.5. The summed E-state index contributed by atoms with van der Waals surface area (Å²) in [6.45, 7) is 0. The zero-order chi connectivity index (χ0) is 12.1. The Morgan fingerprint density at radius 2 is 2.29 bits per heavy atom. The summed E-state index contributed by atoms with van der Waals surface area (Å²) in [5.74, 6) is 0.877. The number of hydrogen-bond donors (Lipinski definition) is 1. The number of rotatable bonds is 3. The summed E-state index contributed by atoms with van der Waals surface area (Å²) in [5.41, 5.74) is 0. The van der Waals surface area contributed by atoms with Gasteiger partial charge in [0.1, 0.15) is 11.6 Å². The van der Waals surface area contributed by atoms with Crippen molar-refractivity contribution < 1.29 is 9.21 Å². The van der Waals surface area contributed by atoms with Crippen molar-refractivity contribution in [3.8, 4) is 0 Å². The van der Waals surface area contributed by atoms with Crippen molar-refractivity contribution in [3.05, 3.63) is 53.0 Å². The van der Waals surface area contributed by atoms with Crippen molar-refractivity contribution >= 4 is 33.7 Å². The maximum absolute atomic E-state index is 11.5. The van der Waals surface area contributed by atoms with Crippen LogP contribution in [0.4, 0.5) is 5.82 Å². The van der Waals surface area contributed by atoms with Crippen LogP contribution in [0.5, 0.6) is 0 Å². The lowest BCUT2D eigenvalue weighted by Gasteiger charge is -1.99. The summed E-state index contributed by atoms with van der Waals surface area (Å²) in [5, 5.41) is 2.63. The van der Waals surface area contributed by atoms with Gasteiger partial charge >= 0.3 is 0 Å². The summed E-state index contributed by atoms with van der Waals surface area (Å²) < 4.78 is 5.92. The first kappa shape index (κ1) is 11.6. The fourth-order valence-electron chi connectivity index (χ4n) is 1.16. The molecule has 0 aliphatic heterocycles. The molecule has 0 radical (unpaired) electrons. The molecular formula is C12H9BrN2O2.